The molecule has 1 N–H and O–H groups in total. The van der Waals surface area contributed by atoms with Crippen LogP contribution in [-0.4, -0.2) is 42.3 Å². The molecule has 0 aromatic heterocycles. The quantitative estimate of drug-likeness (QED) is 0.565. The Morgan fingerprint density at radius 2 is 1.72 bits per heavy atom. The minimum atomic E-state index is -1.27. The molecule has 0 spiro atoms. The zero-order valence-electron chi connectivity index (χ0n) is 18.2. The number of halogens is 1. The molecule has 5 heteroatoms. The van der Waals surface area contributed by atoms with Gasteiger partial charge in [-0.1, -0.05) is 72.8 Å². The summed E-state index contributed by atoms with van der Waals surface area (Å²) in [6, 6.07) is 24.9. The maximum absolute atomic E-state index is 15.3. The fourth-order valence-electron chi connectivity index (χ4n) is 4.62. The van der Waals surface area contributed by atoms with Crippen LogP contribution in [0.3, 0.4) is 0 Å². The molecule has 32 heavy (non-hydrogen) atoms. The Morgan fingerprint density at radius 1 is 1.00 bits per heavy atom. The Labute approximate surface area is 188 Å². The van der Waals surface area contributed by atoms with Crippen molar-refractivity contribution in [1.82, 2.24) is 10.2 Å². The summed E-state index contributed by atoms with van der Waals surface area (Å²) in [6.07, 6.45) is 1.37. The van der Waals surface area contributed by atoms with E-state index in [2.05, 4.69) is 47.8 Å². The first-order chi connectivity index (χ1) is 15.6. The fraction of sp³-hybridized carbons (Fsp3) is 0.370. The Bertz CT molecular complexity index is 1080. The van der Waals surface area contributed by atoms with Crippen LogP contribution in [0.4, 0.5) is 9.18 Å². The monoisotopic (exact) mass is 432 g/mol. The van der Waals surface area contributed by atoms with Gasteiger partial charge in [0, 0.05) is 44.4 Å². The minimum Gasteiger partial charge on any atom is -0.445 e. The first kappa shape index (κ1) is 21.0. The van der Waals surface area contributed by atoms with Gasteiger partial charge in [0.1, 0.15) is 12.3 Å². The molecule has 1 aliphatic carbocycles. The number of fused-ring (bicyclic) bond motifs is 1. The summed E-state index contributed by atoms with van der Waals surface area (Å²) in [5.74, 6) is 0.455. The summed E-state index contributed by atoms with van der Waals surface area (Å²) in [5, 5.41) is 5.95. The van der Waals surface area contributed by atoms with Crippen molar-refractivity contribution in [1.29, 1.82) is 0 Å². The molecule has 4 nitrogen and oxygen atoms in total. The fourth-order valence-corrected chi connectivity index (χ4v) is 4.62. The number of hydrogen-bond acceptors (Lipinski definition) is 3. The molecule has 1 saturated heterocycles. The number of likely N-dealkylation sites (tertiary alicyclic amines) is 1. The Hall–Kier alpha value is -2.92. The second-order valence-corrected chi connectivity index (χ2v) is 9.11. The average molecular weight is 433 g/mol. The summed E-state index contributed by atoms with van der Waals surface area (Å²) in [5.41, 5.74) is 1.00. The predicted molar refractivity (Wildman–Crippen MR) is 124 cm³/mol. The zero-order chi connectivity index (χ0) is 22.0. The van der Waals surface area contributed by atoms with Gasteiger partial charge >= 0.3 is 6.09 Å². The average Bonchev–Trinajstić information content (AvgIpc) is 3.62. The van der Waals surface area contributed by atoms with E-state index in [4.69, 9.17) is 4.74 Å². The van der Waals surface area contributed by atoms with Gasteiger partial charge in [-0.15, -0.1) is 0 Å². The van der Waals surface area contributed by atoms with E-state index in [1.807, 2.05) is 30.3 Å². The highest BCUT2D eigenvalue weighted by molar-refractivity contribution is 5.83. The Kier molecular flexibility index (Phi) is 5.83. The molecule has 0 unspecified atom stereocenters. The molecule has 1 heterocycles. The van der Waals surface area contributed by atoms with Crippen molar-refractivity contribution in [3.63, 3.8) is 0 Å². The SMILES string of the molecule is O=C(OCc1ccccc1)N1CCC(F)(CN[C@@H]2C[C@H]2c2ccc3ccccc3c2)CC1. The lowest BCUT2D eigenvalue weighted by atomic mass is 9.93. The summed E-state index contributed by atoms with van der Waals surface area (Å²) in [7, 11) is 0. The lowest BCUT2D eigenvalue weighted by molar-refractivity contribution is 0.0408. The number of ether oxygens (including phenoxy) is 1. The molecular formula is C27H29FN2O2. The number of piperidine rings is 1. The van der Waals surface area contributed by atoms with Gasteiger partial charge in [0.25, 0.3) is 0 Å². The molecule has 0 bridgehead atoms. The molecule has 1 amide bonds. The van der Waals surface area contributed by atoms with Crippen LogP contribution in [0.1, 0.15) is 36.3 Å². The van der Waals surface area contributed by atoms with Crippen molar-refractivity contribution in [3.05, 3.63) is 83.9 Å². The number of nitrogens with one attached hydrogen (secondary N) is 1. The van der Waals surface area contributed by atoms with Crippen molar-refractivity contribution >= 4 is 16.9 Å². The number of alkyl halides is 1. The van der Waals surface area contributed by atoms with Crippen LogP contribution in [0, 0.1) is 0 Å². The molecule has 166 valence electrons. The standard InChI is InChI=1S/C27H29FN2O2/c28-27(12-14-30(15-13-27)26(31)32-18-20-6-2-1-3-7-20)19-29-25-17-24(25)23-11-10-21-8-4-5-9-22(21)16-23/h1-11,16,24-25,29H,12-15,17-19H2/t24-,25+/m0/s1. The summed E-state index contributed by atoms with van der Waals surface area (Å²) >= 11 is 0. The van der Waals surface area contributed by atoms with Gasteiger partial charge in [0.2, 0.25) is 0 Å². The van der Waals surface area contributed by atoms with Crippen LogP contribution in [0.5, 0.6) is 0 Å². The molecule has 2 atom stereocenters. The van der Waals surface area contributed by atoms with Gasteiger partial charge in [-0.05, 0) is 28.3 Å². The first-order valence-electron chi connectivity index (χ1n) is 11.5. The van der Waals surface area contributed by atoms with E-state index in [9.17, 15) is 4.79 Å². The van der Waals surface area contributed by atoms with Gasteiger partial charge in [0.15, 0.2) is 0 Å². The third-order valence-corrected chi connectivity index (χ3v) is 6.80. The van der Waals surface area contributed by atoms with Crippen molar-refractivity contribution in [2.24, 2.45) is 0 Å². The van der Waals surface area contributed by atoms with Crippen LogP contribution in [-0.2, 0) is 11.3 Å². The summed E-state index contributed by atoms with van der Waals surface area (Å²) < 4.78 is 20.7. The lowest BCUT2D eigenvalue weighted by Gasteiger charge is -2.36. The molecule has 1 aliphatic heterocycles. The number of rotatable bonds is 6. The largest absolute Gasteiger partial charge is 0.445 e. The summed E-state index contributed by atoms with van der Waals surface area (Å²) in [6.45, 7) is 1.38. The number of amides is 1. The van der Waals surface area contributed by atoms with Crippen molar-refractivity contribution in [3.8, 4) is 0 Å². The van der Waals surface area contributed by atoms with E-state index in [0.717, 1.165) is 12.0 Å². The van der Waals surface area contributed by atoms with Gasteiger partial charge in [-0.25, -0.2) is 9.18 Å². The van der Waals surface area contributed by atoms with E-state index in [-0.39, 0.29) is 12.7 Å². The van der Waals surface area contributed by atoms with Gasteiger partial charge in [0.05, 0.1) is 0 Å². The molecule has 2 aliphatic rings. The molecule has 2 fully saturated rings. The van der Waals surface area contributed by atoms with Crippen molar-refractivity contribution in [2.45, 2.75) is 43.5 Å². The van der Waals surface area contributed by atoms with E-state index >= 15 is 4.39 Å². The lowest BCUT2D eigenvalue weighted by Crippen LogP contribution is -2.49. The molecule has 3 aromatic carbocycles. The van der Waals surface area contributed by atoms with E-state index < -0.39 is 5.67 Å². The predicted octanol–water partition coefficient (Wildman–Crippen LogP) is 5.43. The molecule has 5 rings (SSSR count). The maximum Gasteiger partial charge on any atom is 0.410 e. The summed E-state index contributed by atoms with van der Waals surface area (Å²) in [4.78, 5) is 13.9. The third-order valence-electron chi connectivity index (χ3n) is 6.80. The van der Waals surface area contributed by atoms with E-state index in [0.29, 0.717) is 44.4 Å². The number of hydrogen-bond donors (Lipinski definition) is 1. The van der Waals surface area contributed by atoms with Crippen LogP contribution in [0.15, 0.2) is 72.8 Å². The Morgan fingerprint density at radius 3 is 2.50 bits per heavy atom. The van der Waals surface area contributed by atoms with Crippen LogP contribution in [0.25, 0.3) is 10.8 Å². The van der Waals surface area contributed by atoms with E-state index in [1.54, 1.807) is 4.90 Å². The van der Waals surface area contributed by atoms with Gasteiger partial charge in [-0.3, -0.25) is 0 Å². The molecule has 1 saturated carbocycles. The van der Waals surface area contributed by atoms with Gasteiger partial charge in [-0.2, -0.15) is 0 Å². The smallest absolute Gasteiger partial charge is 0.410 e. The van der Waals surface area contributed by atoms with Crippen LogP contribution < -0.4 is 5.32 Å². The second-order valence-electron chi connectivity index (χ2n) is 9.11. The van der Waals surface area contributed by atoms with Gasteiger partial charge < -0.3 is 15.0 Å². The number of carbonyl (C=O) groups excluding carboxylic acids is 1. The maximum atomic E-state index is 15.3. The number of carbonyl (C=O) groups is 1. The zero-order valence-corrected chi connectivity index (χ0v) is 18.2. The normalized spacial score (nSPS) is 22.0. The first-order valence-corrected chi connectivity index (χ1v) is 11.5. The highest BCUT2D eigenvalue weighted by Gasteiger charge is 2.42. The molecule has 3 aromatic rings. The second kappa shape index (κ2) is 8.91. The molecule has 0 radical (unpaired) electrons. The Balaban J connectivity index is 1.07. The topological polar surface area (TPSA) is 41.6 Å². The third kappa shape index (κ3) is 4.78. The minimum absolute atomic E-state index is 0.246. The van der Waals surface area contributed by atoms with Crippen LogP contribution >= 0.6 is 0 Å². The van der Waals surface area contributed by atoms with Crippen LogP contribution in [0.2, 0.25) is 0 Å². The van der Waals surface area contributed by atoms with Crippen molar-refractivity contribution in [2.75, 3.05) is 19.6 Å². The highest BCUT2D eigenvalue weighted by Crippen LogP contribution is 2.42. The van der Waals surface area contributed by atoms with Crippen molar-refractivity contribution < 1.29 is 13.9 Å². The van der Waals surface area contributed by atoms with E-state index in [1.165, 1.54) is 16.3 Å². The molecular weight excluding hydrogens is 403 g/mol. The highest BCUT2D eigenvalue weighted by atomic mass is 19.1. The number of benzene rings is 3. The number of nitrogens with zero attached hydrogens (tertiary/aromatic N) is 1.